The number of thioether (sulfide) groups is 1. The van der Waals surface area contributed by atoms with E-state index in [1.807, 2.05) is 6.07 Å². The van der Waals surface area contributed by atoms with Crippen molar-refractivity contribution in [3.8, 4) is 0 Å². The van der Waals surface area contributed by atoms with Crippen molar-refractivity contribution < 1.29 is 0 Å². The number of benzene rings is 1. The average Bonchev–Trinajstić information content (AvgIpc) is 2.61. The van der Waals surface area contributed by atoms with Crippen LogP contribution in [0.2, 0.25) is 5.02 Å². The number of hydrogen-bond acceptors (Lipinski definition) is 3. The molecule has 1 heterocycles. The van der Waals surface area contributed by atoms with Gasteiger partial charge in [0.15, 0.2) is 0 Å². The van der Waals surface area contributed by atoms with Crippen molar-refractivity contribution in [2.24, 2.45) is 0 Å². The fourth-order valence-corrected chi connectivity index (χ4v) is 3.91. The van der Waals surface area contributed by atoms with E-state index in [2.05, 4.69) is 54.9 Å². The van der Waals surface area contributed by atoms with Crippen molar-refractivity contribution in [1.29, 1.82) is 0 Å². The Labute approximate surface area is 138 Å². The summed E-state index contributed by atoms with van der Waals surface area (Å²) in [4.78, 5) is 2.51. The van der Waals surface area contributed by atoms with Crippen LogP contribution in [-0.4, -0.2) is 30.1 Å². The molecule has 0 radical (unpaired) electrons. The molecular weight excluding hydrogens is 300 g/mol. The van der Waals surface area contributed by atoms with Gasteiger partial charge in [-0.1, -0.05) is 38.4 Å². The normalized spacial score (nSPS) is 18.6. The first-order valence-corrected chi connectivity index (χ1v) is 9.26. The summed E-state index contributed by atoms with van der Waals surface area (Å²) in [5, 5.41) is 4.34. The van der Waals surface area contributed by atoms with E-state index in [9.17, 15) is 0 Å². The standard InChI is InChI=1S/C17H27ClN2S/c1-4-8-19-13-14-5-6-15(18)12-16(14)20-9-7-17(2,3)21-11-10-20/h5-6,12,19H,4,7-11,13H2,1-3H3. The van der Waals surface area contributed by atoms with Gasteiger partial charge in [-0.3, -0.25) is 0 Å². The lowest BCUT2D eigenvalue weighted by atomic mass is 10.1. The summed E-state index contributed by atoms with van der Waals surface area (Å²) in [6, 6.07) is 6.31. The Morgan fingerprint density at radius 2 is 2.14 bits per heavy atom. The molecule has 0 bridgehead atoms. The number of nitrogens with zero attached hydrogens (tertiary/aromatic N) is 1. The number of hydrogen-bond donors (Lipinski definition) is 1. The molecular formula is C17H27ClN2S. The van der Waals surface area contributed by atoms with Crippen molar-refractivity contribution in [2.45, 2.75) is 44.9 Å². The maximum absolute atomic E-state index is 6.24. The van der Waals surface area contributed by atoms with Gasteiger partial charge in [0.1, 0.15) is 0 Å². The number of nitrogens with one attached hydrogen (secondary N) is 1. The summed E-state index contributed by atoms with van der Waals surface area (Å²) in [6.07, 6.45) is 2.38. The fourth-order valence-electron chi connectivity index (χ4n) is 2.64. The van der Waals surface area contributed by atoms with Gasteiger partial charge >= 0.3 is 0 Å². The molecule has 4 heteroatoms. The molecule has 0 aromatic heterocycles. The monoisotopic (exact) mass is 326 g/mol. The third-order valence-corrected chi connectivity index (χ3v) is 5.58. The molecule has 1 aromatic carbocycles. The predicted octanol–water partition coefficient (Wildman–Crippen LogP) is 4.56. The van der Waals surface area contributed by atoms with Crippen LogP contribution < -0.4 is 10.2 Å². The molecule has 2 rings (SSSR count). The van der Waals surface area contributed by atoms with Crippen LogP contribution in [0.4, 0.5) is 5.69 Å². The van der Waals surface area contributed by atoms with Crippen LogP contribution in [0.1, 0.15) is 39.2 Å². The predicted molar refractivity (Wildman–Crippen MR) is 96.8 cm³/mol. The average molecular weight is 327 g/mol. The van der Waals surface area contributed by atoms with Crippen LogP contribution in [0, 0.1) is 0 Å². The Balaban J connectivity index is 2.14. The highest BCUT2D eigenvalue weighted by molar-refractivity contribution is 8.00. The summed E-state index contributed by atoms with van der Waals surface area (Å²) >= 11 is 8.32. The van der Waals surface area contributed by atoms with E-state index < -0.39 is 0 Å². The van der Waals surface area contributed by atoms with Gasteiger partial charge in [-0.15, -0.1) is 0 Å². The van der Waals surface area contributed by atoms with Crippen molar-refractivity contribution in [1.82, 2.24) is 5.32 Å². The highest BCUT2D eigenvalue weighted by atomic mass is 35.5. The Bertz CT molecular complexity index is 462. The smallest absolute Gasteiger partial charge is 0.0427 e. The van der Waals surface area contributed by atoms with Crippen LogP contribution >= 0.6 is 23.4 Å². The van der Waals surface area contributed by atoms with Gasteiger partial charge in [0.05, 0.1) is 0 Å². The van der Waals surface area contributed by atoms with E-state index in [1.54, 1.807) is 0 Å². The van der Waals surface area contributed by atoms with Crippen LogP contribution in [0.25, 0.3) is 0 Å². The molecule has 1 saturated heterocycles. The fraction of sp³-hybridized carbons (Fsp3) is 0.647. The van der Waals surface area contributed by atoms with Crippen molar-refractivity contribution in [3.05, 3.63) is 28.8 Å². The first-order valence-electron chi connectivity index (χ1n) is 7.90. The summed E-state index contributed by atoms with van der Waals surface area (Å²) in [5.41, 5.74) is 2.67. The Morgan fingerprint density at radius 3 is 2.90 bits per heavy atom. The highest BCUT2D eigenvalue weighted by Gasteiger charge is 2.24. The molecule has 0 atom stereocenters. The Kier molecular flexibility index (Phi) is 6.27. The van der Waals surface area contributed by atoms with E-state index in [4.69, 9.17) is 11.6 Å². The molecule has 0 aliphatic carbocycles. The number of anilines is 1. The van der Waals surface area contributed by atoms with Crippen molar-refractivity contribution in [2.75, 3.05) is 30.3 Å². The molecule has 0 amide bonds. The molecule has 1 aromatic rings. The maximum Gasteiger partial charge on any atom is 0.0427 e. The molecule has 0 spiro atoms. The van der Waals surface area contributed by atoms with Gasteiger partial charge in [0, 0.05) is 40.8 Å². The van der Waals surface area contributed by atoms with Gasteiger partial charge in [0.2, 0.25) is 0 Å². The first kappa shape index (κ1) is 17.0. The highest BCUT2D eigenvalue weighted by Crippen LogP contribution is 2.34. The second-order valence-corrected chi connectivity index (χ2v) is 8.53. The maximum atomic E-state index is 6.24. The van der Waals surface area contributed by atoms with Gasteiger partial charge < -0.3 is 10.2 Å². The van der Waals surface area contributed by atoms with Crippen molar-refractivity contribution in [3.63, 3.8) is 0 Å². The van der Waals surface area contributed by atoms with Crippen LogP contribution in [0.5, 0.6) is 0 Å². The lowest BCUT2D eigenvalue weighted by molar-refractivity contribution is 0.633. The minimum absolute atomic E-state index is 0.383. The lowest BCUT2D eigenvalue weighted by Gasteiger charge is -2.27. The zero-order chi connectivity index (χ0) is 15.3. The molecule has 1 aliphatic heterocycles. The molecule has 1 fully saturated rings. The number of rotatable bonds is 5. The summed E-state index contributed by atoms with van der Waals surface area (Å²) in [5.74, 6) is 1.18. The molecule has 0 saturated carbocycles. The van der Waals surface area contributed by atoms with Gasteiger partial charge in [-0.2, -0.15) is 11.8 Å². The second-order valence-electron chi connectivity index (χ2n) is 6.30. The lowest BCUT2D eigenvalue weighted by Crippen LogP contribution is -2.28. The van der Waals surface area contributed by atoms with E-state index >= 15 is 0 Å². The number of halogens is 1. The minimum Gasteiger partial charge on any atom is -0.370 e. The van der Waals surface area contributed by atoms with E-state index in [0.717, 1.165) is 37.6 Å². The van der Waals surface area contributed by atoms with Crippen LogP contribution in [-0.2, 0) is 6.54 Å². The van der Waals surface area contributed by atoms with E-state index in [1.165, 1.54) is 23.4 Å². The zero-order valence-corrected chi connectivity index (χ0v) is 15.0. The Hall–Kier alpha value is -0.380. The molecule has 21 heavy (non-hydrogen) atoms. The SMILES string of the molecule is CCCNCc1ccc(Cl)cc1N1CCSC(C)(C)CC1. The van der Waals surface area contributed by atoms with E-state index in [-0.39, 0.29) is 0 Å². The third kappa shape index (κ3) is 5.08. The first-order chi connectivity index (χ1) is 10.0. The van der Waals surface area contributed by atoms with Crippen molar-refractivity contribution >= 4 is 29.1 Å². The summed E-state index contributed by atoms with van der Waals surface area (Å²) < 4.78 is 0.383. The van der Waals surface area contributed by atoms with Crippen LogP contribution in [0.3, 0.4) is 0 Å². The molecule has 118 valence electrons. The molecule has 0 unspecified atom stereocenters. The zero-order valence-electron chi connectivity index (χ0n) is 13.4. The van der Waals surface area contributed by atoms with Crippen LogP contribution in [0.15, 0.2) is 18.2 Å². The largest absolute Gasteiger partial charge is 0.370 e. The van der Waals surface area contributed by atoms with Gasteiger partial charge in [0.25, 0.3) is 0 Å². The summed E-state index contributed by atoms with van der Waals surface area (Å²) in [7, 11) is 0. The Morgan fingerprint density at radius 1 is 1.33 bits per heavy atom. The van der Waals surface area contributed by atoms with Gasteiger partial charge in [-0.25, -0.2) is 0 Å². The van der Waals surface area contributed by atoms with E-state index in [0.29, 0.717) is 4.75 Å². The third-order valence-electron chi connectivity index (χ3n) is 3.97. The molecule has 2 nitrogen and oxygen atoms in total. The minimum atomic E-state index is 0.383. The topological polar surface area (TPSA) is 15.3 Å². The summed E-state index contributed by atoms with van der Waals surface area (Å²) in [6.45, 7) is 11.1. The molecule has 1 N–H and O–H groups in total. The molecule has 1 aliphatic rings. The van der Waals surface area contributed by atoms with Gasteiger partial charge in [-0.05, 0) is 37.1 Å². The second kappa shape index (κ2) is 7.75. The quantitative estimate of drug-likeness (QED) is 0.798.